The predicted octanol–water partition coefficient (Wildman–Crippen LogP) is 4.74. The van der Waals surface area contributed by atoms with Crippen LogP contribution in [0.2, 0.25) is 0 Å². The molecule has 3 nitrogen and oxygen atoms in total. The molecule has 1 saturated carbocycles. The Morgan fingerprint density at radius 3 is 2.80 bits per heavy atom. The van der Waals surface area contributed by atoms with Gasteiger partial charge in [0.15, 0.2) is 0 Å². The van der Waals surface area contributed by atoms with Crippen LogP contribution in [0.5, 0.6) is 0 Å². The first-order chi connectivity index (χ1) is 12.2. The van der Waals surface area contributed by atoms with Gasteiger partial charge in [-0.05, 0) is 71.7 Å². The highest BCUT2D eigenvalue weighted by Crippen LogP contribution is 2.44. The lowest BCUT2D eigenvalue weighted by Crippen LogP contribution is -2.17. The van der Waals surface area contributed by atoms with Gasteiger partial charge in [-0.15, -0.1) is 0 Å². The van der Waals surface area contributed by atoms with E-state index in [0.717, 1.165) is 31.1 Å². The van der Waals surface area contributed by atoms with E-state index in [4.69, 9.17) is 5.26 Å². The molecule has 0 unspecified atom stereocenters. The van der Waals surface area contributed by atoms with Crippen LogP contribution in [0, 0.1) is 18.3 Å². The van der Waals surface area contributed by atoms with Gasteiger partial charge in [-0.3, -0.25) is 4.90 Å². The Morgan fingerprint density at radius 1 is 1.16 bits per heavy atom. The highest BCUT2D eigenvalue weighted by atomic mass is 15.1. The van der Waals surface area contributed by atoms with Crippen LogP contribution in [-0.4, -0.2) is 9.88 Å². The molecule has 0 amide bonds. The lowest BCUT2D eigenvalue weighted by molar-refractivity contribution is 0.275. The summed E-state index contributed by atoms with van der Waals surface area (Å²) in [5.41, 5.74) is 9.13. The molecule has 0 spiro atoms. The quantitative estimate of drug-likeness (QED) is 0.755. The maximum atomic E-state index is 9.13. The third kappa shape index (κ3) is 2.45. The van der Waals surface area contributed by atoms with Crippen LogP contribution < -0.4 is 0 Å². The van der Waals surface area contributed by atoms with Crippen LogP contribution in [0.3, 0.4) is 0 Å². The molecule has 2 heterocycles. The van der Waals surface area contributed by atoms with Gasteiger partial charge in [-0.25, -0.2) is 0 Å². The van der Waals surface area contributed by atoms with E-state index in [1.807, 2.05) is 6.07 Å². The summed E-state index contributed by atoms with van der Waals surface area (Å²) in [6.45, 7) is 5.11. The third-order valence-electron chi connectivity index (χ3n) is 5.71. The SMILES string of the molecule is Cc1cc(C2CC2)c(CN2Cc3ccc(C#N)cc3C2)c2cc[nH]c12. The zero-order valence-electron chi connectivity index (χ0n) is 14.5. The highest BCUT2D eigenvalue weighted by Gasteiger charge is 2.29. The first-order valence-corrected chi connectivity index (χ1v) is 9.06. The molecule has 1 aliphatic carbocycles. The second-order valence-electron chi connectivity index (χ2n) is 7.54. The Bertz CT molecular complexity index is 1020. The number of H-pyrrole nitrogens is 1. The van der Waals surface area contributed by atoms with Crippen LogP contribution in [-0.2, 0) is 19.6 Å². The minimum atomic E-state index is 0.753. The second kappa shape index (κ2) is 5.47. The van der Waals surface area contributed by atoms with Crippen molar-refractivity contribution in [1.82, 2.24) is 9.88 Å². The molecular formula is C22H21N3. The van der Waals surface area contributed by atoms with E-state index in [2.05, 4.69) is 53.3 Å². The number of nitrogens with zero attached hydrogens (tertiary/aromatic N) is 2. The van der Waals surface area contributed by atoms with Crippen LogP contribution in [0.25, 0.3) is 10.9 Å². The average molecular weight is 327 g/mol. The summed E-state index contributed by atoms with van der Waals surface area (Å²) in [4.78, 5) is 5.93. The van der Waals surface area contributed by atoms with E-state index in [0.29, 0.717) is 0 Å². The maximum Gasteiger partial charge on any atom is 0.0991 e. The summed E-state index contributed by atoms with van der Waals surface area (Å²) in [5.74, 6) is 0.753. The van der Waals surface area contributed by atoms with Gasteiger partial charge in [0.2, 0.25) is 0 Å². The van der Waals surface area contributed by atoms with Crippen molar-refractivity contribution in [3.05, 3.63) is 69.9 Å². The molecule has 0 atom stereocenters. The molecule has 1 fully saturated rings. The molecule has 0 bridgehead atoms. The Labute approximate surface area is 147 Å². The van der Waals surface area contributed by atoms with E-state index in [-0.39, 0.29) is 0 Å². The first kappa shape index (κ1) is 14.7. The van der Waals surface area contributed by atoms with Crippen molar-refractivity contribution < 1.29 is 0 Å². The monoisotopic (exact) mass is 327 g/mol. The standard InChI is InChI=1S/C22H21N3/c1-14-8-20(16-4-5-16)21(19-6-7-24-22(14)19)13-25-11-17-3-2-15(10-23)9-18(17)12-25/h2-3,6-9,16,24H,4-5,11-13H2,1H3. The lowest BCUT2D eigenvalue weighted by atomic mass is 9.96. The van der Waals surface area contributed by atoms with Gasteiger partial charge in [0, 0.05) is 36.7 Å². The van der Waals surface area contributed by atoms with Crippen molar-refractivity contribution in [2.45, 2.75) is 45.3 Å². The predicted molar refractivity (Wildman–Crippen MR) is 99.1 cm³/mol. The fourth-order valence-corrected chi connectivity index (χ4v) is 4.30. The molecule has 0 saturated heterocycles. The first-order valence-electron chi connectivity index (χ1n) is 9.06. The number of aromatic nitrogens is 1. The summed E-state index contributed by atoms with van der Waals surface area (Å²) < 4.78 is 0. The molecule has 1 aromatic heterocycles. The summed E-state index contributed by atoms with van der Waals surface area (Å²) in [6.07, 6.45) is 4.72. The Morgan fingerprint density at radius 2 is 2.00 bits per heavy atom. The lowest BCUT2D eigenvalue weighted by Gasteiger charge is -2.19. The molecule has 3 heteroatoms. The number of nitriles is 1. The minimum Gasteiger partial charge on any atom is -0.361 e. The number of rotatable bonds is 3. The second-order valence-corrected chi connectivity index (χ2v) is 7.54. The van der Waals surface area contributed by atoms with Gasteiger partial charge in [0.1, 0.15) is 0 Å². The molecule has 2 aliphatic rings. The Kier molecular flexibility index (Phi) is 3.23. The number of fused-ring (bicyclic) bond motifs is 2. The molecule has 2 aromatic carbocycles. The number of benzene rings is 2. The topological polar surface area (TPSA) is 42.8 Å². The summed E-state index contributed by atoms with van der Waals surface area (Å²) in [6, 6.07) is 13.0. The minimum absolute atomic E-state index is 0.753. The van der Waals surface area contributed by atoms with Crippen LogP contribution >= 0.6 is 0 Å². The van der Waals surface area contributed by atoms with Crippen molar-refractivity contribution in [1.29, 1.82) is 5.26 Å². The van der Waals surface area contributed by atoms with Crippen LogP contribution in [0.4, 0.5) is 0 Å². The molecule has 25 heavy (non-hydrogen) atoms. The van der Waals surface area contributed by atoms with Crippen molar-refractivity contribution in [3.63, 3.8) is 0 Å². The summed E-state index contributed by atoms with van der Waals surface area (Å²) >= 11 is 0. The number of aryl methyl sites for hydroxylation is 1. The summed E-state index contributed by atoms with van der Waals surface area (Å²) in [5, 5.41) is 10.5. The van der Waals surface area contributed by atoms with Gasteiger partial charge in [0.05, 0.1) is 11.6 Å². The zero-order chi connectivity index (χ0) is 17.0. The number of hydrogen-bond donors (Lipinski definition) is 1. The van der Waals surface area contributed by atoms with Crippen molar-refractivity contribution in [3.8, 4) is 6.07 Å². The number of hydrogen-bond acceptors (Lipinski definition) is 2. The smallest absolute Gasteiger partial charge is 0.0991 e. The maximum absolute atomic E-state index is 9.13. The zero-order valence-corrected chi connectivity index (χ0v) is 14.5. The number of aromatic amines is 1. The molecule has 1 N–H and O–H groups in total. The average Bonchev–Trinajstić information content (AvgIpc) is 3.18. The van der Waals surface area contributed by atoms with Gasteiger partial charge in [0.25, 0.3) is 0 Å². The fraction of sp³-hybridized carbons (Fsp3) is 0.318. The Hall–Kier alpha value is -2.57. The molecule has 5 rings (SSSR count). The van der Waals surface area contributed by atoms with Gasteiger partial charge >= 0.3 is 0 Å². The van der Waals surface area contributed by atoms with E-state index < -0.39 is 0 Å². The van der Waals surface area contributed by atoms with E-state index in [9.17, 15) is 0 Å². The van der Waals surface area contributed by atoms with Crippen molar-refractivity contribution in [2.24, 2.45) is 0 Å². The molecule has 0 radical (unpaired) electrons. The summed E-state index contributed by atoms with van der Waals surface area (Å²) in [7, 11) is 0. The molecule has 3 aromatic rings. The Balaban J connectivity index is 1.51. The van der Waals surface area contributed by atoms with E-state index in [1.54, 1.807) is 5.56 Å². The van der Waals surface area contributed by atoms with Crippen LogP contribution in [0.1, 0.15) is 52.1 Å². The van der Waals surface area contributed by atoms with Gasteiger partial charge in [-0.1, -0.05) is 12.1 Å². The fourth-order valence-electron chi connectivity index (χ4n) is 4.30. The molecular weight excluding hydrogens is 306 g/mol. The van der Waals surface area contributed by atoms with Crippen LogP contribution in [0.15, 0.2) is 36.5 Å². The van der Waals surface area contributed by atoms with Gasteiger partial charge in [-0.2, -0.15) is 5.26 Å². The molecule has 1 aliphatic heterocycles. The highest BCUT2D eigenvalue weighted by molar-refractivity contribution is 5.87. The van der Waals surface area contributed by atoms with Crippen molar-refractivity contribution >= 4 is 10.9 Å². The van der Waals surface area contributed by atoms with Crippen molar-refractivity contribution in [2.75, 3.05) is 0 Å². The largest absolute Gasteiger partial charge is 0.361 e. The third-order valence-corrected chi connectivity index (χ3v) is 5.71. The van der Waals surface area contributed by atoms with E-state index >= 15 is 0 Å². The normalized spacial score (nSPS) is 17.0. The number of nitrogens with one attached hydrogen (secondary N) is 1. The molecule has 124 valence electrons. The van der Waals surface area contributed by atoms with E-state index in [1.165, 1.54) is 46.0 Å². The van der Waals surface area contributed by atoms with Gasteiger partial charge < -0.3 is 4.98 Å².